The van der Waals surface area contributed by atoms with Gasteiger partial charge in [0.1, 0.15) is 6.61 Å². The summed E-state index contributed by atoms with van der Waals surface area (Å²) < 4.78 is 4.90. The molecule has 0 saturated heterocycles. The number of aliphatic hydroxyl groups excluding tert-OH is 1. The fraction of sp³-hybridized carbons (Fsp3) is 0.300. The maximum Gasteiger partial charge on any atom is 0.188 e. The van der Waals surface area contributed by atoms with Crippen LogP contribution in [0.4, 0.5) is 0 Å². The highest BCUT2D eigenvalue weighted by molar-refractivity contribution is 5.96. The fourth-order valence-corrected chi connectivity index (χ4v) is 0.937. The lowest BCUT2D eigenvalue weighted by Crippen LogP contribution is -2.11. The van der Waals surface area contributed by atoms with E-state index in [2.05, 4.69) is 0 Å². The highest BCUT2D eigenvalue weighted by Gasteiger charge is 2.03. The van der Waals surface area contributed by atoms with E-state index in [4.69, 9.17) is 9.84 Å². The number of hydrogen-bond donors (Lipinski definition) is 1. The molecule has 3 heteroatoms. The van der Waals surface area contributed by atoms with Crippen LogP contribution >= 0.6 is 0 Å². The fourth-order valence-electron chi connectivity index (χ4n) is 0.937. The van der Waals surface area contributed by atoms with E-state index in [1.54, 1.807) is 24.3 Å². The second-order valence-corrected chi connectivity index (χ2v) is 2.57. The number of ether oxygens (including phenoxy) is 1. The van der Waals surface area contributed by atoms with Crippen LogP contribution in [0.15, 0.2) is 30.3 Å². The number of hydrogen-bond acceptors (Lipinski definition) is 3. The van der Waals surface area contributed by atoms with Crippen LogP contribution in [0, 0.1) is 0 Å². The molecule has 0 aliphatic carbocycles. The van der Waals surface area contributed by atoms with E-state index < -0.39 is 0 Å². The lowest BCUT2D eigenvalue weighted by atomic mass is 10.1. The van der Waals surface area contributed by atoms with E-state index in [0.29, 0.717) is 5.56 Å². The van der Waals surface area contributed by atoms with Crippen LogP contribution < -0.4 is 0 Å². The molecule has 1 aromatic carbocycles. The molecule has 0 heterocycles. The van der Waals surface area contributed by atoms with Crippen molar-refractivity contribution in [2.45, 2.75) is 0 Å². The van der Waals surface area contributed by atoms with Gasteiger partial charge in [-0.1, -0.05) is 30.3 Å². The Morgan fingerprint density at radius 1 is 1.31 bits per heavy atom. The lowest BCUT2D eigenvalue weighted by molar-refractivity contribution is 0.0664. The predicted molar refractivity (Wildman–Crippen MR) is 48.7 cm³/mol. The van der Waals surface area contributed by atoms with E-state index in [1.165, 1.54) is 0 Å². The van der Waals surface area contributed by atoms with Gasteiger partial charge in [0, 0.05) is 5.56 Å². The average Bonchev–Trinajstić information content (AvgIpc) is 2.19. The van der Waals surface area contributed by atoms with E-state index >= 15 is 0 Å². The number of ketones is 1. The van der Waals surface area contributed by atoms with Gasteiger partial charge in [0.25, 0.3) is 0 Å². The molecular weight excluding hydrogens is 168 g/mol. The van der Waals surface area contributed by atoms with E-state index in [1.807, 2.05) is 6.07 Å². The average molecular weight is 180 g/mol. The van der Waals surface area contributed by atoms with Crippen molar-refractivity contribution in [2.24, 2.45) is 0 Å². The summed E-state index contributed by atoms with van der Waals surface area (Å²) in [5.74, 6) is -0.0611. The first-order chi connectivity index (χ1) is 6.34. The molecule has 0 aromatic heterocycles. The number of carbonyl (C=O) groups is 1. The van der Waals surface area contributed by atoms with E-state index in [0.717, 1.165) is 0 Å². The first-order valence-corrected chi connectivity index (χ1v) is 4.11. The summed E-state index contributed by atoms with van der Waals surface area (Å²) in [7, 11) is 0. The Bertz CT molecular complexity index is 256. The van der Waals surface area contributed by atoms with Gasteiger partial charge in [0.2, 0.25) is 0 Å². The van der Waals surface area contributed by atoms with Gasteiger partial charge in [-0.15, -0.1) is 0 Å². The van der Waals surface area contributed by atoms with Crippen molar-refractivity contribution in [3.05, 3.63) is 35.9 Å². The van der Waals surface area contributed by atoms with E-state index in [9.17, 15) is 4.79 Å². The molecular formula is C10H12O3. The van der Waals surface area contributed by atoms with Crippen LogP contribution in [0.3, 0.4) is 0 Å². The molecule has 0 aliphatic heterocycles. The van der Waals surface area contributed by atoms with Crippen molar-refractivity contribution in [1.82, 2.24) is 0 Å². The molecule has 1 rings (SSSR count). The topological polar surface area (TPSA) is 46.5 Å². The molecule has 3 nitrogen and oxygen atoms in total. The van der Waals surface area contributed by atoms with Crippen molar-refractivity contribution >= 4 is 5.78 Å². The Hall–Kier alpha value is -1.19. The second-order valence-electron chi connectivity index (χ2n) is 2.57. The zero-order valence-electron chi connectivity index (χ0n) is 7.27. The molecule has 1 aromatic rings. The molecule has 0 fully saturated rings. The Balaban J connectivity index is 2.40. The lowest BCUT2D eigenvalue weighted by Gasteiger charge is -2.00. The van der Waals surface area contributed by atoms with Crippen LogP contribution in [0.5, 0.6) is 0 Å². The molecule has 0 unspecified atom stereocenters. The third-order valence-corrected chi connectivity index (χ3v) is 1.56. The van der Waals surface area contributed by atoms with Gasteiger partial charge < -0.3 is 9.84 Å². The highest BCUT2D eigenvalue weighted by atomic mass is 16.5. The van der Waals surface area contributed by atoms with Crippen LogP contribution in [0.1, 0.15) is 10.4 Å². The largest absolute Gasteiger partial charge is 0.394 e. The molecule has 0 saturated carbocycles. The van der Waals surface area contributed by atoms with Crippen molar-refractivity contribution < 1.29 is 14.6 Å². The summed E-state index contributed by atoms with van der Waals surface area (Å²) in [6.45, 7) is 0.186. The van der Waals surface area contributed by atoms with Crippen LogP contribution in [-0.2, 0) is 4.74 Å². The predicted octanol–water partition coefficient (Wildman–Crippen LogP) is 0.878. The van der Waals surface area contributed by atoms with Crippen LogP contribution in [-0.4, -0.2) is 30.7 Å². The summed E-state index contributed by atoms with van der Waals surface area (Å²) in [5, 5.41) is 8.41. The minimum absolute atomic E-state index is 0.0323. The molecule has 13 heavy (non-hydrogen) atoms. The number of carbonyl (C=O) groups excluding carboxylic acids is 1. The van der Waals surface area contributed by atoms with Gasteiger partial charge in [-0.3, -0.25) is 4.79 Å². The van der Waals surface area contributed by atoms with Crippen molar-refractivity contribution in [3.8, 4) is 0 Å². The Kier molecular flexibility index (Phi) is 4.15. The molecule has 0 amide bonds. The molecule has 70 valence electrons. The van der Waals surface area contributed by atoms with Gasteiger partial charge >= 0.3 is 0 Å². The summed E-state index contributed by atoms with van der Waals surface area (Å²) in [6, 6.07) is 8.94. The maximum atomic E-state index is 11.3. The monoisotopic (exact) mass is 180 g/mol. The molecule has 0 aliphatic rings. The minimum Gasteiger partial charge on any atom is -0.394 e. The summed E-state index contributed by atoms with van der Waals surface area (Å²) in [5.41, 5.74) is 0.639. The number of aliphatic hydroxyl groups is 1. The summed E-state index contributed by atoms with van der Waals surface area (Å²) >= 11 is 0. The number of rotatable bonds is 5. The Labute approximate surface area is 77.0 Å². The smallest absolute Gasteiger partial charge is 0.188 e. The van der Waals surface area contributed by atoms with E-state index in [-0.39, 0.29) is 25.6 Å². The minimum atomic E-state index is -0.0611. The van der Waals surface area contributed by atoms with Gasteiger partial charge in [0.15, 0.2) is 5.78 Å². The van der Waals surface area contributed by atoms with Gasteiger partial charge in [-0.05, 0) is 0 Å². The summed E-state index contributed by atoms with van der Waals surface area (Å²) in [4.78, 5) is 11.3. The number of benzene rings is 1. The molecule has 0 spiro atoms. The Morgan fingerprint density at radius 2 is 2.00 bits per heavy atom. The molecule has 0 radical (unpaired) electrons. The first-order valence-electron chi connectivity index (χ1n) is 4.11. The highest BCUT2D eigenvalue weighted by Crippen LogP contribution is 1.99. The molecule has 0 atom stereocenters. The maximum absolute atomic E-state index is 11.3. The Morgan fingerprint density at radius 3 is 2.62 bits per heavy atom. The summed E-state index contributed by atoms with van der Waals surface area (Å²) in [6.07, 6.45) is 0. The third-order valence-electron chi connectivity index (χ3n) is 1.56. The quantitative estimate of drug-likeness (QED) is 0.540. The van der Waals surface area contributed by atoms with Crippen molar-refractivity contribution in [3.63, 3.8) is 0 Å². The van der Waals surface area contributed by atoms with Gasteiger partial charge in [-0.25, -0.2) is 0 Å². The van der Waals surface area contributed by atoms with Crippen LogP contribution in [0.2, 0.25) is 0 Å². The molecule has 1 N–H and O–H groups in total. The zero-order chi connectivity index (χ0) is 9.52. The second kappa shape index (κ2) is 5.45. The zero-order valence-corrected chi connectivity index (χ0v) is 7.27. The van der Waals surface area contributed by atoms with Crippen molar-refractivity contribution in [2.75, 3.05) is 19.8 Å². The SMILES string of the molecule is O=C(COCCO)c1ccccc1. The van der Waals surface area contributed by atoms with Crippen molar-refractivity contribution in [1.29, 1.82) is 0 Å². The number of Topliss-reactive ketones (excluding diaryl/α,β-unsaturated/α-hetero) is 1. The van der Waals surface area contributed by atoms with Gasteiger partial charge in [0.05, 0.1) is 13.2 Å². The first kappa shape index (κ1) is 9.89. The normalized spacial score (nSPS) is 9.92. The van der Waals surface area contributed by atoms with Crippen LogP contribution in [0.25, 0.3) is 0 Å². The third kappa shape index (κ3) is 3.36. The molecule has 0 bridgehead atoms. The standard InChI is InChI=1S/C10H12O3/c11-6-7-13-8-10(12)9-4-2-1-3-5-9/h1-5,11H,6-8H2. The van der Waals surface area contributed by atoms with Gasteiger partial charge in [-0.2, -0.15) is 0 Å².